The molecule has 2 heteroatoms. The molecule has 2 N–H and O–H groups in total. The van der Waals surface area contributed by atoms with Crippen molar-refractivity contribution < 1.29 is 0 Å². The first-order valence-electron chi connectivity index (χ1n) is 6.80. The van der Waals surface area contributed by atoms with Crippen LogP contribution in [-0.2, 0) is 0 Å². The Bertz CT molecular complexity index is 323. The Balaban J connectivity index is 1.78. The molecule has 1 fully saturated rings. The smallest absolute Gasteiger partial charge is 0.0292 e. The molecule has 0 aromatic heterocycles. The van der Waals surface area contributed by atoms with Gasteiger partial charge in [-0.1, -0.05) is 36.8 Å². The predicted octanol–water partition coefficient (Wildman–Crippen LogP) is 2.87. The third-order valence-electron chi connectivity index (χ3n) is 3.68. The summed E-state index contributed by atoms with van der Waals surface area (Å²) >= 11 is 0. The van der Waals surface area contributed by atoms with Crippen LogP contribution in [0.2, 0.25) is 0 Å². The van der Waals surface area contributed by atoms with Crippen molar-refractivity contribution in [2.45, 2.75) is 51.2 Å². The molecule has 1 saturated heterocycles. The van der Waals surface area contributed by atoms with Gasteiger partial charge in [-0.05, 0) is 32.3 Å². The molecule has 0 saturated carbocycles. The van der Waals surface area contributed by atoms with Crippen molar-refractivity contribution in [1.82, 2.24) is 10.6 Å². The lowest BCUT2D eigenvalue weighted by Gasteiger charge is -2.30. The van der Waals surface area contributed by atoms with Crippen molar-refractivity contribution in [2.75, 3.05) is 6.54 Å². The van der Waals surface area contributed by atoms with E-state index in [9.17, 15) is 0 Å². The zero-order valence-corrected chi connectivity index (χ0v) is 10.9. The second-order valence-electron chi connectivity index (χ2n) is 5.24. The quantitative estimate of drug-likeness (QED) is 0.834. The minimum atomic E-state index is 0.440. The standard InChI is InChI=1S/C15H24N2/c1-12-7-6-10-15(17-12)11-16-13(2)14-8-4-3-5-9-14/h3-5,8-9,12-13,15-17H,6-7,10-11H2,1-2H3. The molecule has 3 unspecified atom stereocenters. The predicted molar refractivity (Wildman–Crippen MR) is 73.1 cm³/mol. The molecule has 3 atom stereocenters. The molecular formula is C15H24N2. The van der Waals surface area contributed by atoms with E-state index < -0.39 is 0 Å². The van der Waals surface area contributed by atoms with Gasteiger partial charge in [0.05, 0.1) is 0 Å². The first-order chi connectivity index (χ1) is 8.25. The van der Waals surface area contributed by atoms with Gasteiger partial charge in [0.2, 0.25) is 0 Å². The number of hydrogen-bond donors (Lipinski definition) is 2. The van der Waals surface area contributed by atoms with Crippen LogP contribution < -0.4 is 10.6 Å². The normalized spacial score (nSPS) is 26.7. The summed E-state index contributed by atoms with van der Waals surface area (Å²) in [6.45, 7) is 5.59. The van der Waals surface area contributed by atoms with Crippen LogP contribution in [0.4, 0.5) is 0 Å². The average Bonchev–Trinajstić information content (AvgIpc) is 2.37. The maximum Gasteiger partial charge on any atom is 0.0292 e. The van der Waals surface area contributed by atoms with E-state index in [2.05, 4.69) is 54.8 Å². The molecule has 17 heavy (non-hydrogen) atoms. The minimum absolute atomic E-state index is 0.440. The summed E-state index contributed by atoms with van der Waals surface area (Å²) in [6, 6.07) is 12.4. The van der Waals surface area contributed by atoms with Crippen molar-refractivity contribution in [3.05, 3.63) is 35.9 Å². The van der Waals surface area contributed by atoms with Crippen molar-refractivity contribution in [2.24, 2.45) is 0 Å². The van der Waals surface area contributed by atoms with Gasteiger partial charge in [0.15, 0.2) is 0 Å². The zero-order valence-electron chi connectivity index (χ0n) is 10.9. The van der Waals surface area contributed by atoms with Crippen molar-refractivity contribution in [3.8, 4) is 0 Å². The first kappa shape index (κ1) is 12.6. The molecule has 0 amide bonds. The summed E-state index contributed by atoms with van der Waals surface area (Å²) in [4.78, 5) is 0. The highest BCUT2D eigenvalue weighted by Crippen LogP contribution is 2.14. The van der Waals surface area contributed by atoms with Crippen LogP contribution in [0.3, 0.4) is 0 Å². The van der Waals surface area contributed by atoms with Crippen LogP contribution in [0, 0.1) is 0 Å². The van der Waals surface area contributed by atoms with Gasteiger partial charge in [0, 0.05) is 24.7 Å². The third kappa shape index (κ3) is 3.83. The van der Waals surface area contributed by atoms with E-state index in [0.717, 1.165) is 6.54 Å². The Morgan fingerprint density at radius 3 is 2.76 bits per heavy atom. The van der Waals surface area contributed by atoms with Gasteiger partial charge in [-0.3, -0.25) is 0 Å². The first-order valence-corrected chi connectivity index (χ1v) is 6.80. The molecule has 1 heterocycles. The van der Waals surface area contributed by atoms with Gasteiger partial charge in [-0.15, -0.1) is 0 Å². The lowest BCUT2D eigenvalue weighted by atomic mass is 9.99. The summed E-state index contributed by atoms with van der Waals surface area (Å²) in [6.07, 6.45) is 3.99. The van der Waals surface area contributed by atoms with Crippen molar-refractivity contribution >= 4 is 0 Å². The van der Waals surface area contributed by atoms with Gasteiger partial charge in [-0.25, -0.2) is 0 Å². The molecule has 94 valence electrons. The SMILES string of the molecule is CC1CCCC(CNC(C)c2ccccc2)N1. The summed E-state index contributed by atoms with van der Waals surface area (Å²) in [5.41, 5.74) is 1.37. The third-order valence-corrected chi connectivity index (χ3v) is 3.68. The highest BCUT2D eigenvalue weighted by molar-refractivity contribution is 5.18. The number of rotatable bonds is 4. The summed E-state index contributed by atoms with van der Waals surface area (Å²) in [7, 11) is 0. The molecule has 0 bridgehead atoms. The van der Waals surface area contributed by atoms with Gasteiger partial charge in [0.25, 0.3) is 0 Å². The Morgan fingerprint density at radius 1 is 1.29 bits per heavy atom. The zero-order chi connectivity index (χ0) is 12.1. The molecule has 0 radical (unpaired) electrons. The average molecular weight is 232 g/mol. The van der Waals surface area contributed by atoms with Gasteiger partial charge in [0.1, 0.15) is 0 Å². The maximum absolute atomic E-state index is 3.66. The van der Waals surface area contributed by atoms with Crippen molar-refractivity contribution in [3.63, 3.8) is 0 Å². The molecule has 0 spiro atoms. The van der Waals surface area contributed by atoms with Crippen LogP contribution in [-0.4, -0.2) is 18.6 Å². The fourth-order valence-corrected chi connectivity index (χ4v) is 2.58. The van der Waals surface area contributed by atoms with Gasteiger partial charge >= 0.3 is 0 Å². The van der Waals surface area contributed by atoms with Crippen LogP contribution in [0.5, 0.6) is 0 Å². The number of piperidine rings is 1. The molecule has 1 aliphatic heterocycles. The van der Waals surface area contributed by atoms with E-state index in [-0.39, 0.29) is 0 Å². The lowest BCUT2D eigenvalue weighted by Crippen LogP contribution is -2.46. The summed E-state index contributed by atoms with van der Waals surface area (Å²) in [5, 5.41) is 7.29. The number of hydrogen-bond acceptors (Lipinski definition) is 2. The fourth-order valence-electron chi connectivity index (χ4n) is 2.58. The van der Waals surface area contributed by atoms with Crippen molar-refractivity contribution in [1.29, 1.82) is 0 Å². The van der Waals surface area contributed by atoms with E-state index in [0.29, 0.717) is 18.1 Å². The molecule has 1 aromatic rings. The molecule has 0 aliphatic carbocycles. The van der Waals surface area contributed by atoms with Gasteiger partial charge < -0.3 is 10.6 Å². The topological polar surface area (TPSA) is 24.1 Å². The van der Waals surface area contributed by atoms with Crippen LogP contribution in [0.1, 0.15) is 44.7 Å². The summed E-state index contributed by atoms with van der Waals surface area (Å²) < 4.78 is 0. The van der Waals surface area contributed by atoms with Crippen LogP contribution in [0.15, 0.2) is 30.3 Å². The molecule has 1 aromatic carbocycles. The summed E-state index contributed by atoms with van der Waals surface area (Å²) in [5.74, 6) is 0. The Labute approximate surface area is 105 Å². The fraction of sp³-hybridized carbons (Fsp3) is 0.600. The van der Waals surface area contributed by atoms with E-state index in [1.807, 2.05) is 0 Å². The molecule has 2 rings (SSSR count). The second kappa shape index (κ2) is 6.18. The maximum atomic E-state index is 3.66. The van der Waals surface area contributed by atoms with E-state index in [1.54, 1.807) is 0 Å². The molecular weight excluding hydrogens is 208 g/mol. The largest absolute Gasteiger partial charge is 0.310 e. The van der Waals surface area contributed by atoms with Gasteiger partial charge in [-0.2, -0.15) is 0 Å². The second-order valence-corrected chi connectivity index (χ2v) is 5.24. The lowest BCUT2D eigenvalue weighted by molar-refractivity contribution is 0.318. The minimum Gasteiger partial charge on any atom is -0.310 e. The molecule has 1 aliphatic rings. The Kier molecular flexibility index (Phi) is 4.57. The monoisotopic (exact) mass is 232 g/mol. The Hall–Kier alpha value is -0.860. The van der Waals surface area contributed by atoms with E-state index in [1.165, 1.54) is 24.8 Å². The highest BCUT2D eigenvalue weighted by Gasteiger charge is 2.17. The Morgan fingerprint density at radius 2 is 2.06 bits per heavy atom. The number of benzene rings is 1. The van der Waals surface area contributed by atoms with E-state index in [4.69, 9.17) is 0 Å². The number of nitrogens with one attached hydrogen (secondary N) is 2. The van der Waals surface area contributed by atoms with Crippen LogP contribution in [0.25, 0.3) is 0 Å². The van der Waals surface area contributed by atoms with E-state index >= 15 is 0 Å². The molecule has 2 nitrogen and oxygen atoms in total. The highest BCUT2D eigenvalue weighted by atomic mass is 15.0. The van der Waals surface area contributed by atoms with Crippen LogP contribution >= 0.6 is 0 Å².